The van der Waals surface area contributed by atoms with E-state index in [0.717, 1.165) is 34.2 Å². The lowest BCUT2D eigenvalue weighted by atomic mass is 9.82. The van der Waals surface area contributed by atoms with Crippen LogP contribution in [0.4, 0.5) is 5.69 Å². The standard InChI is InChI=1S/C26H29N3OS/c1-3-4-5-12-17-31-26-22(18-27)24(20-13-8-6-9-14-20)23(19(2)28-26)25(30)29-21-15-10-7-11-16-21/h6-11,13-16,24,28H,3-5,12,17H2,1-2H3,(H,29,30). The van der Waals surface area contributed by atoms with Gasteiger partial charge in [-0.2, -0.15) is 5.26 Å². The van der Waals surface area contributed by atoms with Crippen LogP contribution >= 0.6 is 11.8 Å². The lowest BCUT2D eigenvalue weighted by molar-refractivity contribution is -0.113. The van der Waals surface area contributed by atoms with E-state index in [-0.39, 0.29) is 5.91 Å². The first-order valence-corrected chi connectivity index (χ1v) is 11.8. The molecule has 0 radical (unpaired) electrons. The van der Waals surface area contributed by atoms with Gasteiger partial charge in [-0.3, -0.25) is 4.79 Å². The molecule has 0 saturated carbocycles. The predicted molar refractivity (Wildman–Crippen MR) is 129 cm³/mol. The Morgan fingerprint density at radius 1 is 1.06 bits per heavy atom. The van der Waals surface area contributed by atoms with Crippen molar-refractivity contribution in [3.8, 4) is 6.07 Å². The van der Waals surface area contributed by atoms with Gasteiger partial charge in [-0.1, -0.05) is 74.7 Å². The summed E-state index contributed by atoms with van der Waals surface area (Å²) in [6.07, 6.45) is 4.74. The van der Waals surface area contributed by atoms with Crippen molar-refractivity contribution in [2.45, 2.75) is 45.4 Å². The van der Waals surface area contributed by atoms with Crippen molar-refractivity contribution in [1.29, 1.82) is 5.26 Å². The van der Waals surface area contributed by atoms with Crippen molar-refractivity contribution in [1.82, 2.24) is 5.32 Å². The number of benzene rings is 2. The SMILES string of the molecule is CCCCCCSC1=C(C#N)C(c2ccccc2)C(C(=O)Nc2ccccc2)=C(C)N1. The maximum Gasteiger partial charge on any atom is 0.254 e. The zero-order valence-electron chi connectivity index (χ0n) is 18.2. The zero-order chi connectivity index (χ0) is 22.1. The van der Waals surface area contributed by atoms with E-state index in [0.29, 0.717) is 11.1 Å². The van der Waals surface area contributed by atoms with Crippen LogP contribution in [0.3, 0.4) is 0 Å². The molecule has 1 unspecified atom stereocenters. The van der Waals surface area contributed by atoms with Crippen LogP contribution in [0.15, 0.2) is 82.5 Å². The maximum absolute atomic E-state index is 13.3. The average Bonchev–Trinajstić information content (AvgIpc) is 2.79. The Labute approximate surface area is 189 Å². The van der Waals surface area contributed by atoms with E-state index in [2.05, 4.69) is 23.6 Å². The third-order valence-corrected chi connectivity index (χ3v) is 6.40. The normalized spacial score (nSPS) is 16.0. The number of dihydropyridines is 1. The van der Waals surface area contributed by atoms with Crippen molar-refractivity contribution in [2.24, 2.45) is 0 Å². The predicted octanol–water partition coefficient (Wildman–Crippen LogP) is 6.33. The minimum absolute atomic E-state index is 0.190. The number of anilines is 1. The Morgan fingerprint density at radius 2 is 1.74 bits per heavy atom. The van der Waals surface area contributed by atoms with E-state index in [4.69, 9.17) is 0 Å². The van der Waals surface area contributed by atoms with Crippen LogP contribution in [-0.4, -0.2) is 11.7 Å². The van der Waals surface area contributed by atoms with E-state index in [1.54, 1.807) is 11.8 Å². The number of allylic oxidation sites excluding steroid dienone is 2. The molecule has 31 heavy (non-hydrogen) atoms. The molecular formula is C26H29N3OS. The zero-order valence-corrected chi connectivity index (χ0v) is 19.0. The van der Waals surface area contributed by atoms with E-state index in [1.807, 2.05) is 67.6 Å². The highest BCUT2D eigenvalue weighted by molar-refractivity contribution is 8.03. The molecule has 160 valence electrons. The van der Waals surface area contributed by atoms with Gasteiger partial charge >= 0.3 is 0 Å². The molecule has 0 spiro atoms. The smallest absolute Gasteiger partial charge is 0.254 e. The number of carbonyl (C=O) groups excluding carboxylic acids is 1. The molecule has 0 aromatic heterocycles. The van der Waals surface area contributed by atoms with Crippen LogP contribution < -0.4 is 10.6 Å². The highest BCUT2D eigenvalue weighted by Crippen LogP contribution is 2.41. The third-order valence-electron chi connectivity index (χ3n) is 5.30. The Morgan fingerprint density at radius 3 is 2.39 bits per heavy atom. The molecule has 5 heteroatoms. The average molecular weight is 432 g/mol. The number of carbonyl (C=O) groups is 1. The first kappa shape index (κ1) is 22.7. The van der Waals surface area contributed by atoms with E-state index >= 15 is 0 Å². The van der Waals surface area contributed by atoms with Gasteiger partial charge in [-0.15, -0.1) is 11.8 Å². The number of nitriles is 1. The number of unbranched alkanes of at least 4 members (excludes halogenated alkanes) is 3. The molecule has 1 heterocycles. The van der Waals surface area contributed by atoms with Crippen molar-refractivity contribution < 1.29 is 4.79 Å². The minimum atomic E-state index is -0.394. The van der Waals surface area contributed by atoms with Gasteiger partial charge in [-0.05, 0) is 36.8 Å². The first-order valence-electron chi connectivity index (χ1n) is 10.8. The van der Waals surface area contributed by atoms with Crippen LogP contribution in [0.2, 0.25) is 0 Å². The number of hydrogen-bond donors (Lipinski definition) is 2. The van der Waals surface area contributed by atoms with Crippen LogP contribution in [0.5, 0.6) is 0 Å². The molecule has 3 rings (SSSR count). The summed E-state index contributed by atoms with van der Waals surface area (Å²) in [6.45, 7) is 4.12. The molecule has 0 aliphatic carbocycles. The summed E-state index contributed by atoms with van der Waals surface area (Å²) in [5, 5.41) is 17.3. The van der Waals surface area contributed by atoms with E-state index < -0.39 is 5.92 Å². The first-order chi connectivity index (χ1) is 15.2. The van der Waals surface area contributed by atoms with Crippen LogP contribution in [0.25, 0.3) is 0 Å². The lowest BCUT2D eigenvalue weighted by Gasteiger charge is -2.30. The summed E-state index contributed by atoms with van der Waals surface area (Å²) < 4.78 is 0. The van der Waals surface area contributed by atoms with Crippen LogP contribution in [-0.2, 0) is 4.79 Å². The molecule has 4 nitrogen and oxygen atoms in total. The van der Waals surface area contributed by atoms with Crippen molar-refractivity contribution in [3.05, 3.63) is 88.1 Å². The molecule has 0 bridgehead atoms. The Kier molecular flexibility index (Phi) is 8.37. The minimum Gasteiger partial charge on any atom is -0.353 e. The molecule has 1 aliphatic heterocycles. The summed E-state index contributed by atoms with van der Waals surface area (Å²) in [5.41, 5.74) is 3.66. The molecule has 1 atom stereocenters. The number of hydrogen-bond acceptors (Lipinski definition) is 4. The summed E-state index contributed by atoms with van der Waals surface area (Å²) in [5.74, 6) is 0.368. The fourth-order valence-electron chi connectivity index (χ4n) is 3.73. The summed E-state index contributed by atoms with van der Waals surface area (Å²) in [6, 6.07) is 21.6. The van der Waals surface area contributed by atoms with Gasteiger partial charge in [0.1, 0.15) is 0 Å². The van der Waals surface area contributed by atoms with Crippen molar-refractivity contribution in [3.63, 3.8) is 0 Å². The van der Waals surface area contributed by atoms with Gasteiger partial charge in [0.25, 0.3) is 5.91 Å². The second kappa shape index (κ2) is 11.4. The number of para-hydroxylation sites is 1. The van der Waals surface area contributed by atoms with Gasteiger partial charge in [0.2, 0.25) is 0 Å². The maximum atomic E-state index is 13.3. The lowest BCUT2D eigenvalue weighted by Crippen LogP contribution is -2.30. The Balaban J connectivity index is 1.92. The van der Waals surface area contributed by atoms with Crippen molar-refractivity contribution in [2.75, 3.05) is 11.1 Å². The largest absolute Gasteiger partial charge is 0.353 e. The molecule has 2 aromatic rings. The molecule has 1 amide bonds. The fourth-order valence-corrected chi connectivity index (χ4v) is 4.83. The van der Waals surface area contributed by atoms with E-state index in [1.165, 1.54) is 19.3 Å². The molecule has 0 fully saturated rings. The van der Waals surface area contributed by atoms with Gasteiger partial charge < -0.3 is 10.6 Å². The molecule has 2 N–H and O–H groups in total. The third kappa shape index (κ3) is 5.80. The number of nitrogens with one attached hydrogen (secondary N) is 2. The van der Waals surface area contributed by atoms with Gasteiger partial charge in [-0.25, -0.2) is 0 Å². The highest BCUT2D eigenvalue weighted by atomic mass is 32.2. The molecule has 0 saturated heterocycles. The Bertz CT molecular complexity index is 990. The number of amides is 1. The van der Waals surface area contributed by atoms with Crippen LogP contribution in [0, 0.1) is 11.3 Å². The Hall–Kier alpha value is -2.97. The second-order valence-electron chi connectivity index (χ2n) is 7.59. The van der Waals surface area contributed by atoms with Gasteiger partial charge in [0.05, 0.1) is 22.6 Å². The molecular weight excluding hydrogens is 402 g/mol. The quantitative estimate of drug-likeness (QED) is 0.455. The van der Waals surface area contributed by atoms with Crippen molar-refractivity contribution >= 4 is 23.4 Å². The fraction of sp³-hybridized carbons (Fsp3) is 0.308. The molecule has 2 aromatic carbocycles. The second-order valence-corrected chi connectivity index (χ2v) is 8.70. The number of rotatable bonds is 9. The summed E-state index contributed by atoms with van der Waals surface area (Å²) in [7, 11) is 0. The molecule has 1 aliphatic rings. The van der Waals surface area contributed by atoms with E-state index in [9.17, 15) is 10.1 Å². The monoisotopic (exact) mass is 431 g/mol. The topological polar surface area (TPSA) is 64.9 Å². The summed E-state index contributed by atoms with van der Waals surface area (Å²) in [4.78, 5) is 13.3. The number of thioether (sulfide) groups is 1. The van der Waals surface area contributed by atoms with Crippen LogP contribution in [0.1, 0.15) is 51.0 Å². The highest BCUT2D eigenvalue weighted by Gasteiger charge is 2.34. The summed E-state index contributed by atoms with van der Waals surface area (Å²) >= 11 is 1.68. The van der Waals surface area contributed by atoms with Gasteiger partial charge in [0.15, 0.2) is 0 Å². The van der Waals surface area contributed by atoms with Gasteiger partial charge in [0, 0.05) is 17.0 Å². The number of nitrogens with zero attached hydrogens (tertiary/aromatic N) is 1.